The van der Waals surface area contributed by atoms with Gasteiger partial charge in [-0.15, -0.1) is 0 Å². The summed E-state index contributed by atoms with van der Waals surface area (Å²) in [5.74, 6) is 0. The first-order valence-corrected chi connectivity index (χ1v) is 7.36. The van der Waals surface area contributed by atoms with Crippen molar-refractivity contribution in [2.45, 2.75) is 38.8 Å². The predicted octanol–water partition coefficient (Wildman–Crippen LogP) is 4.06. The minimum Gasteiger partial charge on any atom is -0.356 e. The summed E-state index contributed by atoms with van der Waals surface area (Å²) in [6.45, 7) is 3.03. The molecule has 1 aliphatic heterocycles. The van der Waals surface area contributed by atoms with Crippen LogP contribution in [0, 0.1) is 0 Å². The van der Waals surface area contributed by atoms with Crippen LogP contribution in [-0.2, 0) is 11.2 Å². The fraction of sp³-hybridized carbons (Fsp3) is 0.500. The topological polar surface area (TPSA) is 27.1 Å². The fourth-order valence-corrected chi connectivity index (χ4v) is 3.17. The average Bonchev–Trinajstić information content (AvgIpc) is 2.82. The van der Waals surface area contributed by atoms with E-state index in [2.05, 4.69) is 44.8 Å². The van der Waals surface area contributed by atoms with Crippen LogP contribution in [0.1, 0.15) is 38.0 Å². The molecule has 2 heterocycles. The van der Waals surface area contributed by atoms with Crippen molar-refractivity contribution in [2.75, 3.05) is 6.61 Å². The van der Waals surface area contributed by atoms with Crippen molar-refractivity contribution in [1.82, 2.24) is 9.78 Å². The van der Waals surface area contributed by atoms with Gasteiger partial charge in [0.1, 0.15) is 0 Å². The molecule has 18 heavy (non-hydrogen) atoms. The lowest BCUT2D eigenvalue weighted by atomic mass is 10.1. The highest BCUT2D eigenvalue weighted by Crippen LogP contribution is 2.30. The fourth-order valence-electron chi connectivity index (χ4n) is 2.64. The van der Waals surface area contributed by atoms with E-state index in [1.54, 1.807) is 0 Å². The van der Waals surface area contributed by atoms with Crippen molar-refractivity contribution in [3.8, 4) is 0 Å². The van der Waals surface area contributed by atoms with Gasteiger partial charge in [0.25, 0.3) is 0 Å². The lowest BCUT2D eigenvalue weighted by molar-refractivity contribution is -0.0367. The maximum absolute atomic E-state index is 5.85. The van der Waals surface area contributed by atoms with Gasteiger partial charge in [0, 0.05) is 16.5 Å². The Kier molecular flexibility index (Phi) is 3.39. The van der Waals surface area contributed by atoms with E-state index in [0.717, 1.165) is 23.9 Å². The van der Waals surface area contributed by atoms with Crippen LogP contribution in [0.3, 0.4) is 0 Å². The highest BCUT2D eigenvalue weighted by Gasteiger charge is 2.19. The molecule has 0 spiro atoms. The molecule has 0 bridgehead atoms. The van der Waals surface area contributed by atoms with Crippen molar-refractivity contribution in [3.63, 3.8) is 0 Å². The first kappa shape index (κ1) is 12.2. The van der Waals surface area contributed by atoms with Crippen LogP contribution in [-0.4, -0.2) is 16.4 Å². The van der Waals surface area contributed by atoms with Crippen LogP contribution in [0.5, 0.6) is 0 Å². The van der Waals surface area contributed by atoms with Gasteiger partial charge in [-0.1, -0.05) is 22.9 Å². The van der Waals surface area contributed by atoms with Crippen LogP contribution in [0.15, 0.2) is 22.8 Å². The number of halogens is 1. The van der Waals surface area contributed by atoms with E-state index in [1.165, 1.54) is 29.3 Å². The molecule has 3 nitrogen and oxygen atoms in total. The summed E-state index contributed by atoms with van der Waals surface area (Å²) in [5, 5.41) is 5.73. The third-order valence-corrected chi connectivity index (χ3v) is 4.00. The Labute approximate surface area is 115 Å². The van der Waals surface area contributed by atoms with Gasteiger partial charge < -0.3 is 4.74 Å². The minimum atomic E-state index is 0.114. The summed E-state index contributed by atoms with van der Waals surface area (Å²) in [4.78, 5) is 0. The molecule has 1 aliphatic rings. The first-order valence-electron chi connectivity index (χ1n) is 6.57. The molecule has 0 amide bonds. The van der Waals surface area contributed by atoms with Gasteiger partial charge in [0.05, 0.1) is 11.7 Å². The number of nitrogens with zero attached hydrogens (tertiary/aromatic N) is 2. The number of fused-ring (bicyclic) bond motifs is 1. The number of rotatable bonds is 2. The van der Waals surface area contributed by atoms with E-state index in [9.17, 15) is 0 Å². The molecule has 1 aromatic heterocycles. The lowest BCUT2D eigenvalue weighted by Crippen LogP contribution is -2.19. The SMILES string of the molecule is CCc1cc(Br)cc2cnn(C3CCCCO3)c12. The number of benzene rings is 1. The van der Waals surface area contributed by atoms with E-state index in [1.807, 2.05) is 6.20 Å². The van der Waals surface area contributed by atoms with E-state index in [4.69, 9.17) is 4.74 Å². The quantitative estimate of drug-likeness (QED) is 0.836. The zero-order chi connectivity index (χ0) is 12.5. The number of ether oxygens (including phenoxy) is 1. The molecule has 1 aromatic carbocycles. The summed E-state index contributed by atoms with van der Waals surface area (Å²) < 4.78 is 9.04. The van der Waals surface area contributed by atoms with Crippen molar-refractivity contribution in [2.24, 2.45) is 0 Å². The van der Waals surface area contributed by atoms with E-state index >= 15 is 0 Å². The number of hydrogen-bond acceptors (Lipinski definition) is 2. The molecule has 0 aliphatic carbocycles. The zero-order valence-corrected chi connectivity index (χ0v) is 12.1. The van der Waals surface area contributed by atoms with Crippen molar-refractivity contribution >= 4 is 26.8 Å². The second-order valence-electron chi connectivity index (χ2n) is 4.77. The van der Waals surface area contributed by atoms with Gasteiger partial charge >= 0.3 is 0 Å². The lowest BCUT2D eigenvalue weighted by Gasteiger charge is -2.24. The minimum absolute atomic E-state index is 0.114. The Morgan fingerprint density at radius 3 is 3.06 bits per heavy atom. The maximum atomic E-state index is 5.85. The second-order valence-corrected chi connectivity index (χ2v) is 5.68. The Morgan fingerprint density at radius 2 is 2.33 bits per heavy atom. The number of hydrogen-bond donors (Lipinski definition) is 0. The third kappa shape index (κ3) is 2.08. The number of aromatic nitrogens is 2. The molecule has 1 saturated heterocycles. The highest BCUT2D eigenvalue weighted by atomic mass is 79.9. The summed E-state index contributed by atoms with van der Waals surface area (Å²) in [6.07, 6.45) is 6.52. The second kappa shape index (κ2) is 5.02. The Hall–Kier alpha value is -0.870. The summed E-state index contributed by atoms with van der Waals surface area (Å²) in [7, 11) is 0. The molecule has 2 aromatic rings. The first-order chi connectivity index (χ1) is 8.79. The highest BCUT2D eigenvalue weighted by molar-refractivity contribution is 9.10. The standard InChI is InChI=1S/C14H17BrN2O/c1-2-10-7-12(15)8-11-9-16-17(14(10)11)13-5-3-4-6-18-13/h7-9,13H,2-6H2,1H3. The molecule has 3 rings (SSSR count). The molecule has 0 saturated carbocycles. The van der Waals surface area contributed by atoms with Gasteiger partial charge in [0.2, 0.25) is 0 Å². The van der Waals surface area contributed by atoms with Crippen molar-refractivity contribution in [1.29, 1.82) is 0 Å². The molecule has 0 radical (unpaired) electrons. The van der Waals surface area contributed by atoms with Gasteiger partial charge in [-0.25, -0.2) is 4.68 Å². The largest absolute Gasteiger partial charge is 0.356 e. The third-order valence-electron chi connectivity index (χ3n) is 3.54. The van der Waals surface area contributed by atoms with E-state index < -0.39 is 0 Å². The molecular formula is C14H17BrN2O. The monoisotopic (exact) mass is 308 g/mol. The molecule has 1 atom stereocenters. The van der Waals surface area contributed by atoms with Crippen LogP contribution >= 0.6 is 15.9 Å². The van der Waals surface area contributed by atoms with Crippen LogP contribution < -0.4 is 0 Å². The Bertz CT molecular complexity index is 558. The predicted molar refractivity (Wildman–Crippen MR) is 75.7 cm³/mol. The number of aryl methyl sites for hydroxylation is 1. The Morgan fingerprint density at radius 1 is 1.44 bits per heavy atom. The van der Waals surface area contributed by atoms with Crippen LogP contribution in [0.25, 0.3) is 10.9 Å². The summed E-state index contributed by atoms with van der Waals surface area (Å²) >= 11 is 3.56. The Balaban J connectivity index is 2.11. The zero-order valence-electron chi connectivity index (χ0n) is 10.5. The van der Waals surface area contributed by atoms with Gasteiger partial charge in [-0.2, -0.15) is 5.10 Å². The molecule has 1 fully saturated rings. The molecule has 4 heteroatoms. The average molecular weight is 309 g/mol. The maximum Gasteiger partial charge on any atom is 0.150 e. The van der Waals surface area contributed by atoms with E-state index in [0.29, 0.717) is 0 Å². The summed E-state index contributed by atoms with van der Waals surface area (Å²) in [6, 6.07) is 4.31. The van der Waals surface area contributed by atoms with Crippen molar-refractivity contribution in [3.05, 3.63) is 28.4 Å². The molecular weight excluding hydrogens is 292 g/mol. The van der Waals surface area contributed by atoms with Gasteiger partial charge in [-0.05, 0) is 43.4 Å². The van der Waals surface area contributed by atoms with Crippen LogP contribution in [0.2, 0.25) is 0 Å². The molecule has 0 N–H and O–H groups in total. The normalized spacial score (nSPS) is 20.4. The molecule has 96 valence electrons. The summed E-state index contributed by atoms with van der Waals surface area (Å²) in [5.41, 5.74) is 2.55. The van der Waals surface area contributed by atoms with Crippen molar-refractivity contribution < 1.29 is 4.74 Å². The van der Waals surface area contributed by atoms with Gasteiger partial charge in [0.15, 0.2) is 6.23 Å². The van der Waals surface area contributed by atoms with Crippen LogP contribution in [0.4, 0.5) is 0 Å². The molecule has 1 unspecified atom stereocenters. The van der Waals surface area contributed by atoms with E-state index in [-0.39, 0.29) is 6.23 Å². The smallest absolute Gasteiger partial charge is 0.150 e. The van der Waals surface area contributed by atoms with Gasteiger partial charge in [-0.3, -0.25) is 0 Å².